The van der Waals surface area contributed by atoms with Gasteiger partial charge in [0.15, 0.2) is 0 Å². The number of nitrogens with one attached hydrogen (secondary N) is 2. The number of carbonyl (C=O) groups excluding carboxylic acids is 3. The largest absolute Gasteiger partial charge is 0.332 e. The first-order valence-corrected chi connectivity index (χ1v) is 11.1. The molecular weight excluding hydrogens is 432 g/mol. The van der Waals surface area contributed by atoms with Crippen molar-refractivity contribution in [2.45, 2.75) is 44.4 Å². The highest BCUT2D eigenvalue weighted by Gasteiger charge is 2.39. The van der Waals surface area contributed by atoms with Crippen LogP contribution in [0.3, 0.4) is 0 Å². The molecule has 2 fully saturated rings. The van der Waals surface area contributed by atoms with E-state index in [1.54, 1.807) is 17.2 Å². The summed E-state index contributed by atoms with van der Waals surface area (Å²) < 4.78 is 0. The van der Waals surface area contributed by atoms with E-state index < -0.39 is 11.9 Å². The van der Waals surface area contributed by atoms with Crippen molar-refractivity contribution < 1.29 is 14.4 Å². The fourth-order valence-corrected chi connectivity index (χ4v) is 4.76. The molecule has 2 aromatic rings. The van der Waals surface area contributed by atoms with Crippen molar-refractivity contribution in [2.75, 3.05) is 18.0 Å². The number of piperidine rings is 1. The third kappa shape index (κ3) is 3.93. The van der Waals surface area contributed by atoms with Gasteiger partial charge in [-0.2, -0.15) is 0 Å². The molecule has 166 valence electrons. The van der Waals surface area contributed by atoms with Crippen molar-refractivity contribution in [3.8, 4) is 0 Å². The normalized spacial score (nSPS) is 22.8. The number of aromatic nitrogens is 2. The zero-order chi connectivity index (χ0) is 22.2. The quantitative estimate of drug-likeness (QED) is 0.517. The zero-order valence-corrected chi connectivity index (χ0v) is 18.1. The molecule has 4 heterocycles. The number of amides is 3. The molecule has 0 radical (unpaired) electrons. The molecule has 3 aliphatic rings. The van der Waals surface area contributed by atoms with Gasteiger partial charge in [0, 0.05) is 43.9 Å². The Morgan fingerprint density at radius 2 is 2.06 bits per heavy atom. The lowest BCUT2D eigenvalue weighted by Gasteiger charge is -2.29. The SMILES string of the molecule is O=C1CCC(N2Cc3ccc(CN(c4nccc(Cl)n4)C4CCNC4)cc3C2=O)C(=O)N1. The van der Waals surface area contributed by atoms with Gasteiger partial charge in [0.2, 0.25) is 17.8 Å². The fourth-order valence-electron chi connectivity index (χ4n) is 4.63. The molecule has 0 aliphatic carbocycles. The van der Waals surface area contributed by atoms with Gasteiger partial charge in [0.1, 0.15) is 11.2 Å². The predicted octanol–water partition coefficient (Wildman–Crippen LogP) is 1.26. The molecule has 0 saturated carbocycles. The van der Waals surface area contributed by atoms with Gasteiger partial charge in [-0.05, 0) is 42.6 Å². The van der Waals surface area contributed by atoms with E-state index in [-0.39, 0.29) is 24.3 Å². The lowest BCUT2D eigenvalue weighted by atomic mass is 10.0. The molecule has 1 aromatic heterocycles. The van der Waals surface area contributed by atoms with Gasteiger partial charge < -0.3 is 15.1 Å². The van der Waals surface area contributed by atoms with Crippen LogP contribution in [0, 0.1) is 0 Å². The van der Waals surface area contributed by atoms with E-state index in [2.05, 4.69) is 25.5 Å². The molecule has 0 spiro atoms. The van der Waals surface area contributed by atoms with Crippen LogP contribution in [0.15, 0.2) is 30.5 Å². The van der Waals surface area contributed by atoms with Crippen LogP contribution in [-0.4, -0.2) is 57.8 Å². The minimum Gasteiger partial charge on any atom is -0.332 e. The summed E-state index contributed by atoms with van der Waals surface area (Å²) in [5.74, 6) is -0.310. The summed E-state index contributed by atoms with van der Waals surface area (Å²) in [6.45, 7) is 2.65. The molecule has 2 N–H and O–H groups in total. The minimum absolute atomic E-state index is 0.176. The monoisotopic (exact) mass is 454 g/mol. The summed E-state index contributed by atoms with van der Waals surface area (Å²) in [4.78, 5) is 49.3. The molecule has 32 heavy (non-hydrogen) atoms. The van der Waals surface area contributed by atoms with Crippen molar-refractivity contribution in [3.05, 3.63) is 52.3 Å². The second-order valence-corrected chi connectivity index (χ2v) is 8.73. The van der Waals surface area contributed by atoms with Crippen LogP contribution in [-0.2, 0) is 22.7 Å². The van der Waals surface area contributed by atoms with Gasteiger partial charge in [0.05, 0.1) is 0 Å². The molecule has 0 bridgehead atoms. The molecule has 1 aromatic carbocycles. The van der Waals surface area contributed by atoms with Crippen LogP contribution in [0.25, 0.3) is 0 Å². The van der Waals surface area contributed by atoms with E-state index in [9.17, 15) is 14.4 Å². The maximum Gasteiger partial charge on any atom is 0.255 e. The number of fused-ring (bicyclic) bond motifs is 1. The van der Waals surface area contributed by atoms with Gasteiger partial charge >= 0.3 is 0 Å². The third-order valence-corrected chi connectivity index (χ3v) is 6.50. The maximum absolute atomic E-state index is 13.1. The number of rotatable bonds is 5. The van der Waals surface area contributed by atoms with Crippen molar-refractivity contribution in [1.29, 1.82) is 0 Å². The molecular formula is C22H23ClN6O3. The Balaban J connectivity index is 1.38. The summed E-state index contributed by atoms with van der Waals surface area (Å²) in [6, 6.07) is 7.09. The topological polar surface area (TPSA) is 108 Å². The number of hydrogen-bond donors (Lipinski definition) is 2. The summed E-state index contributed by atoms with van der Waals surface area (Å²) >= 11 is 6.11. The van der Waals surface area contributed by atoms with Crippen LogP contribution in [0.2, 0.25) is 5.15 Å². The Hall–Kier alpha value is -3.04. The Labute approximate surface area is 190 Å². The van der Waals surface area contributed by atoms with Crippen LogP contribution in [0.5, 0.6) is 0 Å². The molecule has 2 atom stereocenters. The standard InChI is InChI=1S/C22H23ClN6O3/c23-18-6-8-25-22(26-18)28(15-5-7-24-10-15)11-13-1-2-14-12-29(21(32)16(14)9-13)17-3-4-19(30)27-20(17)31/h1-2,6,8-9,15,17,24H,3-5,7,10-12H2,(H,27,30,31). The number of benzene rings is 1. The molecule has 2 unspecified atom stereocenters. The summed E-state index contributed by atoms with van der Waals surface area (Å²) in [5, 5.41) is 6.09. The van der Waals surface area contributed by atoms with Crippen molar-refractivity contribution in [2.24, 2.45) is 0 Å². The highest BCUT2D eigenvalue weighted by atomic mass is 35.5. The molecule has 2 saturated heterocycles. The summed E-state index contributed by atoms with van der Waals surface area (Å²) in [7, 11) is 0. The number of halogens is 1. The summed E-state index contributed by atoms with van der Waals surface area (Å²) in [5.41, 5.74) is 2.44. The molecule has 9 nitrogen and oxygen atoms in total. The minimum atomic E-state index is -0.614. The number of anilines is 1. The Morgan fingerprint density at radius 3 is 2.81 bits per heavy atom. The molecule has 5 rings (SSSR count). The van der Waals surface area contributed by atoms with E-state index in [1.165, 1.54) is 0 Å². The van der Waals surface area contributed by atoms with E-state index >= 15 is 0 Å². The first kappa shape index (κ1) is 20.8. The predicted molar refractivity (Wildman–Crippen MR) is 117 cm³/mol. The highest BCUT2D eigenvalue weighted by molar-refractivity contribution is 6.29. The number of imide groups is 1. The Kier molecular flexibility index (Phi) is 5.52. The third-order valence-electron chi connectivity index (χ3n) is 6.29. The van der Waals surface area contributed by atoms with Gasteiger partial charge in [-0.15, -0.1) is 0 Å². The Bertz CT molecular complexity index is 1090. The van der Waals surface area contributed by atoms with E-state index in [0.29, 0.717) is 36.2 Å². The van der Waals surface area contributed by atoms with Gasteiger partial charge in [-0.3, -0.25) is 19.7 Å². The molecule has 10 heteroatoms. The van der Waals surface area contributed by atoms with Crippen molar-refractivity contribution in [3.63, 3.8) is 0 Å². The van der Waals surface area contributed by atoms with E-state index in [4.69, 9.17) is 11.6 Å². The lowest BCUT2D eigenvalue weighted by Crippen LogP contribution is -2.52. The van der Waals surface area contributed by atoms with Crippen molar-refractivity contribution in [1.82, 2.24) is 25.5 Å². The molecule has 3 amide bonds. The number of nitrogens with zero attached hydrogens (tertiary/aromatic N) is 4. The second kappa shape index (κ2) is 8.48. The van der Waals surface area contributed by atoms with Crippen LogP contribution >= 0.6 is 11.6 Å². The Morgan fingerprint density at radius 1 is 1.19 bits per heavy atom. The highest BCUT2D eigenvalue weighted by Crippen LogP contribution is 2.29. The van der Waals surface area contributed by atoms with Crippen LogP contribution in [0.1, 0.15) is 40.7 Å². The lowest BCUT2D eigenvalue weighted by molar-refractivity contribution is -0.136. The number of hydrogen-bond acceptors (Lipinski definition) is 7. The average molecular weight is 455 g/mol. The average Bonchev–Trinajstić information content (AvgIpc) is 3.41. The van der Waals surface area contributed by atoms with Crippen LogP contribution < -0.4 is 15.5 Å². The fraction of sp³-hybridized carbons (Fsp3) is 0.409. The first-order chi connectivity index (χ1) is 15.5. The van der Waals surface area contributed by atoms with E-state index in [1.807, 2.05) is 18.2 Å². The summed E-state index contributed by atoms with van der Waals surface area (Å²) in [6.07, 6.45) is 3.20. The van der Waals surface area contributed by atoms with Gasteiger partial charge in [-0.1, -0.05) is 23.7 Å². The van der Waals surface area contributed by atoms with Crippen LogP contribution in [0.4, 0.5) is 5.95 Å². The number of carbonyl (C=O) groups is 3. The maximum atomic E-state index is 13.1. The first-order valence-electron chi connectivity index (χ1n) is 10.7. The van der Waals surface area contributed by atoms with Gasteiger partial charge in [0.25, 0.3) is 5.91 Å². The second-order valence-electron chi connectivity index (χ2n) is 8.35. The zero-order valence-electron chi connectivity index (χ0n) is 17.4. The van der Waals surface area contributed by atoms with E-state index in [0.717, 1.165) is 30.6 Å². The van der Waals surface area contributed by atoms with Gasteiger partial charge in [-0.25, -0.2) is 9.97 Å². The van der Waals surface area contributed by atoms with Crippen molar-refractivity contribution >= 4 is 35.3 Å². The smallest absolute Gasteiger partial charge is 0.255 e. The molecule has 3 aliphatic heterocycles.